The summed E-state index contributed by atoms with van der Waals surface area (Å²) in [6.45, 7) is 2.90. The molecule has 1 atom stereocenters. The van der Waals surface area contributed by atoms with Gasteiger partial charge in [0.2, 0.25) is 5.91 Å². The second kappa shape index (κ2) is 5.94. The van der Waals surface area contributed by atoms with E-state index in [0.717, 1.165) is 32.4 Å². The minimum atomic E-state index is -0.0444. The summed E-state index contributed by atoms with van der Waals surface area (Å²) in [7, 11) is 2.15. The van der Waals surface area contributed by atoms with Crippen LogP contribution in [0.4, 0.5) is 0 Å². The van der Waals surface area contributed by atoms with Crippen LogP contribution >= 0.6 is 0 Å². The Balaban J connectivity index is 1.59. The Kier molecular flexibility index (Phi) is 4.03. The molecule has 0 aliphatic carbocycles. The van der Waals surface area contributed by atoms with Crippen molar-refractivity contribution in [2.75, 3.05) is 26.8 Å². The van der Waals surface area contributed by atoms with E-state index in [1.165, 1.54) is 5.56 Å². The smallest absolute Gasteiger partial charge is 0.241 e. The molecule has 108 valence electrons. The highest BCUT2D eigenvalue weighted by Gasteiger charge is 2.36. The highest BCUT2D eigenvalue weighted by Crippen LogP contribution is 2.20. The summed E-state index contributed by atoms with van der Waals surface area (Å²) in [5.74, 6) is 0.281. The van der Waals surface area contributed by atoms with Crippen molar-refractivity contribution in [2.24, 2.45) is 0 Å². The van der Waals surface area contributed by atoms with Gasteiger partial charge in [-0.2, -0.15) is 0 Å². The maximum absolute atomic E-state index is 12.5. The first-order valence-electron chi connectivity index (χ1n) is 7.50. The van der Waals surface area contributed by atoms with E-state index in [1.54, 1.807) is 0 Å². The molecule has 1 amide bonds. The van der Waals surface area contributed by atoms with Crippen molar-refractivity contribution in [1.29, 1.82) is 0 Å². The first-order chi connectivity index (χ1) is 9.74. The molecule has 0 saturated carbocycles. The highest BCUT2D eigenvalue weighted by molar-refractivity contribution is 5.84. The summed E-state index contributed by atoms with van der Waals surface area (Å²) in [4.78, 5) is 16.9. The van der Waals surface area contributed by atoms with Crippen LogP contribution in [0.15, 0.2) is 30.3 Å². The topological polar surface area (TPSA) is 35.6 Å². The number of amides is 1. The summed E-state index contributed by atoms with van der Waals surface area (Å²) < 4.78 is 0. The van der Waals surface area contributed by atoms with Crippen molar-refractivity contribution in [2.45, 2.75) is 31.3 Å². The lowest BCUT2D eigenvalue weighted by Gasteiger charge is -2.34. The van der Waals surface area contributed by atoms with Gasteiger partial charge in [0.05, 0.1) is 12.7 Å². The van der Waals surface area contributed by atoms with Gasteiger partial charge in [-0.3, -0.25) is 10.1 Å². The second-order valence-corrected chi connectivity index (χ2v) is 5.95. The number of hydrogen-bond donors (Lipinski definition) is 1. The lowest BCUT2D eigenvalue weighted by Crippen LogP contribution is -2.45. The summed E-state index contributed by atoms with van der Waals surface area (Å²) in [6, 6.07) is 10.6. The molecule has 2 heterocycles. The Labute approximate surface area is 120 Å². The summed E-state index contributed by atoms with van der Waals surface area (Å²) in [6.07, 6.45) is 2.99. The molecule has 4 heteroatoms. The number of likely N-dealkylation sites (tertiary alicyclic amines) is 1. The third-order valence-corrected chi connectivity index (χ3v) is 4.50. The molecule has 2 saturated heterocycles. The number of carbonyl (C=O) groups is 1. The molecule has 2 aliphatic heterocycles. The minimum Gasteiger partial charge on any atom is -0.325 e. The fourth-order valence-electron chi connectivity index (χ4n) is 3.20. The number of benzene rings is 1. The Morgan fingerprint density at radius 3 is 2.60 bits per heavy atom. The summed E-state index contributed by atoms with van der Waals surface area (Å²) >= 11 is 0. The van der Waals surface area contributed by atoms with Crippen LogP contribution in [-0.2, 0) is 11.2 Å². The van der Waals surface area contributed by atoms with Crippen LogP contribution in [0.25, 0.3) is 0 Å². The number of nitrogens with one attached hydrogen (secondary N) is 1. The van der Waals surface area contributed by atoms with Crippen LogP contribution in [-0.4, -0.2) is 54.6 Å². The van der Waals surface area contributed by atoms with E-state index in [2.05, 4.69) is 34.3 Å². The number of carbonyl (C=O) groups excluding carboxylic acids is 1. The van der Waals surface area contributed by atoms with Gasteiger partial charge in [-0.1, -0.05) is 30.3 Å². The molecular formula is C16H23N3O. The van der Waals surface area contributed by atoms with Gasteiger partial charge in [-0.05, 0) is 45.0 Å². The molecule has 0 spiro atoms. The largest absolute Gasteiger partial charge is 0.325 e. The second-order valence-electron chi connectivity index (χ2n) is 5.95. The van der Waals surface area contributed by atoms with E-state index in [9.17, 15) is 4.79 Å². The van der Waals surface area contributed by atoms with Gasteiger partial charge in [0.1, 0.15) is 0 Å². The van der Waals surface area contributed by atoms with Gasteiger partial charge in [0.25, 0.3) is 0 Å². The van der Waals surface area contributed by atoms with Crippen molar-refractivity contribution in [3.63, 3.8) is 0 Å². The van der Waals surface area contributed by atoms with Crippen LogP contribution in [0.3, 0.4) is 0 Å². The van der Waals surface area contributed by atoms with Crippen LogP contribution < -0.4 is 5.32 Å². The monoisotopic (exact) mass is 273 g/mol. The zero-order valence-corrected chi connectivity index (χ0v) is 12.1. The molecule has 20 heavy (non-hydrogen) atoms. The molecule has 0 bridgehead atoms. The molecule has 1 unspecified atom stereocenters. The standard InChI is InChI=1S/C16H23N3O/c1-18-9-7-14(8-10-18)19-12-17-15(16(19)20)11-13-5-3-2-4-6-13/h2-6,14-15,17H,7-12H2,1H3. The third-order valence-electron chi connectivity index (χ3n) is 4.50. The molecule has 1 aromatic rings. The predicted octanol–water partition coefficient (Wildman–Crippen LogP) is 1.08. The molecule has 0 radical (unpaired) electrons. The normalized spacial score (nSPS) is 25.4. The molecule has 3 rings (SSSR count). The van der Waals surface area contributed by atoms with Crippen LogP contribution in [0.5, 0.6) is 0 Å². The number of rotatable bonds is 3. The van der Waals surface area contributed by atoms with Gasteiger partial charge in [0.15, 0.2) is 0 Å². The highest BCUT2D eigenvalue weighted by atomic mass is 16.2. The Hall–Kier alpha value is -1.39. The molecule has 4 nitrogen and oxygen atoms in total. The molecular weight excluding hydrogens is 250 g/mol. The van der Waals surface area contributed by atoms with Crippen LogP contribution in [0.2, 0.25) is 0 Å². The zero-order chi connectivity index (χ0) is 13.9. The molecule has 2 aliphatic rings. The predicted molar refractivity (Wildman–Crippen MR) is 79.3 cm³/mol. The van der Waals surface area contributed by atoms with E-state index in [1.807, 2.05) is 18.2 Å². The number of hydrogen-bond acceptors (Lipinski definition) is 3. The summed E-state index contributed by atoms with van der Waals surface area (Å²) in [5.41, 5.74) is 1.23. The van der Waals surface area contributed by atoms with Crippen molar-refractivity contribution < 1.29 is 4.79 Å². The van der Waals surface area contributed by atoms with Crippen molar-refractivity contribution in [1.82, 2.24) is 15.1 Å². The maximum Gasteiger partial charge on any atom is 0.241 e. The van der Waals surface area contributed by atoms with Crippen LogP contribution in [0.1, 0.15) is 18.4 Å². The summed E-state index contributed by atoms with van der Waals surface area (Å²) in [5, 5.41) is 3.38. The lowest BCUT2D eigenvalue weighted by molar-refractivity contribution is -0.131. The fourth-order valence-corrected chi connectivity index (χ4v) is 3.20. The van der Waals surface area contributed by atoms with Crippen molar-refractivity contribution in [3.05, 3.63) is 35.9 Å². The zero-order valence-electron chi connectivity index (χ0n) is 12.1. The Morgan fingerprint density at radius 2 is 1.90 bits per heavy atom. The van der Waals surface area contributed by atoms with E-state index in [0.29, 0.717) is 12.7 Å². The fraction of sp³-hybridized carbons (Fsp3) is 0.562. The molecule has 1 aromatic carbocycles. The minimum absolute atomic E-state index is 0.0444. The van der Waals surface area contributed by atoms with E-state index in [-0.39, 0.29) is 11.9 Å². The van der Waals surface area contributed by atoms with Crippen molar-refractivity contribution in [3.8, 4) is 0 Å². The molecule has 1 N–H and O–H groups in total. The number of piperidine rings is 1. The average molecular weight is 273 g/mol. The van der Waals surface area contributed by atoms with Crippen molar-refractivity contribution >= 4 is 5.91 Å². The first-order valence-corrected chi connectivity index (χ1v) is 7.50. The quantitative estimate of drug-likeness (QED) is 0.895. The SMILES string of the molecule is CN1CCC(N2CNC(Cc3ccccc3)C2=O)CC1. The maximum atomic E-state index is 12.5. The Bertz CT molecular complexity index is 454. The van der Waals surface area contributed by atoms with Gasteiger partial charge in [-0.15, -0.1) is 0 Å². The lowest BCUT2D eigenvalue weighted by atomic mass is 10.0. The van der Waals surface area contributed by atoms with Gasteiger partial charge >= 0.3 is 0 Å². The molecule has 2 fully saturated rings. The third kappa shape index (κ3) is 2.86. The number of nitrogens with zero attached hydrogens (tertiary/aromatic N) is 2. The average Bonchev–Trinajstić information content (AvgIpc) is 2.83. The molecule has 0 aromatic heterocycles. The van der Waals surface area contributed by atoms with E-state index in [4.69, 9.17) is 0 Å². The van der Waals surface area contributed by atoms with Gasteiger partial charge < -0.3 is 9.80 Å². The van der Waals surface area contributed by atoms with Gasteiger partial charge in [-0.25, -0.2) is 0 Å². The van der Waals surface area contributed by atoms with E-state index < -0.39 is 0 Å². The Morgan fingerprint density at radius 1 is 1.20 bits per heavy atom. The van der Waals surface area contributed by atoms with E-state index >= 15 is 0 Å². The van der Waals surface area contributed by atoms with Crippen LogP contribution in [0, 0.1) is 0 Å². The van der Waals surface area contributed by atoms with Gasteiger partial charge in [0, 0.05) is 6.04 Å². The first kappa shape index (κ1) is 13.6.